The smallest absolute Gasteiger partial charge is 0.387 e. The Labute approximate surface area is 134 Å². The molecule has 0 aromatic heterocycles. The van der Waals surface area contributed by atoms with Gasteiger partial charge in [0.25, 0.3) is 0 Å². The zero-order valence-corrected chi connectivity index (χ0v) is 12.6. The molecular weight excluding hydrogens is 337 g/mol. The number of rotatable bonds is 3. The Balaban J connectivity index is 2.10. The lowest BCUT2D eigenvalue weighted by Gasteiger charge is -2.21. The molecule has 2 aliphatic heterocycles. The summed E-state index contributed by atoms with van der Waals surface area (Å²) in [6.07, 6.45) is 1.68. The summed E-state index contributed by atoms with van der Waals surface area (Å²) in [7, 11) is 0. The molecule has 1 aromatic carbocycles. The number of hydrogen-bond acceptors (Lipinski definition) is 3. The van der Waals surface area contributed by atoms with Gasteiger partial charge < -0.3 is 15.4 Å². The van der Waals surface area contributed by atoms with Crippen molar-refractivity contribution in [3.8, 4) is 0 Å². The lowest BCUT2D eigenvalue weighted by molar-refractivity contribution is -0.115. The van der Waals surface area contributed by atoms with E-state index in [-0.39, 0.29) is 29.7 Å². The molecule has 8 heteroatoms. The summed E-state index contributed by atoms with van der Waals surface area (Å²) in [6.45, 7) is -2.87. The van der Waals surface area contributed by atoms with Crippen LogP contribution in [0.5, 0.6) is 0 Å². The van der Waals surface area contributed by atoms with Crippen LogP contribution in [-0.4, -0.2) is 19.1 Å². The summed E-state index contributed by atoms with van der Waals surface area (Å²) in [4.78, 5) is 11.5. The molecule has 2 N–H and O–H groups in total. The number of ether oxygens (including phenoxy) is 1. The summed E-state index contributed by atoms with van der Waals surface area (Å²) in [5, 5.41) is 5.96. The quantitative estimate of drug-likeness (QED) is 0.880. The number of alkyl halides is 2. The Morgan fingerprint density at radius 3 is 2.77 bits per heavy atom. The molecule has 2 aliphatic rings. The molecule has 1 amide bonds. The Morgan fingerprint density at radius 1 is 1.27 bits per heavy atom. The first-order chi connectivity index (χ1) is 10.5. The van der Waals surface area contributed by atoms with Crippen molar-refractivity contribution in [1.82, 2.24) is 5.32 Å². The van der Waals surface area contributed by atoms with Crippen molar-refractivity contribution in [2.24, 2.45) is 0 Å². The molecular formula is C14H10Cl2F2N2O2. The molecule has 0 atom stereocenters. The van der Waals surface area contributed by atoms with Crippen LogP contribution >= 0.6 is 23.2 Å². The predicted molar refractivity (Wildman–Crippen MR) is 79.7 cm³/mol. The Bertz CT molecular complexity index is 717. The minimum Gasteiger partial charge on any atom is -0.437 e. The van der Waals surface area contributed by atoms with Crippen LogP contribution in [0, 0.1) is 0 Å². The molecule has 3 rings (SSSR count). The van der Waals surface area contributed by atoms with Crippen molar-refractivity contribution in [3.05, 3.63) is 45.3 Å². The average molecular weight is 347 g/mol. The number of nitrogens with one attached hydrogen (secondary N) is 2. The highest BCUT2D eigenvalue weighted by atomic mass is 35.5. The maximum atomic E-state index is 12.6. The zero-order valence-electron chi connectivity index (χ0n) is 11.1. The maximum absolute atomic E-state index is 12.6. The second-order valence-electron chi connectivity index (χ2n) is 4.77. The summed E-state index contributed by atoms with van der Waals surface area (Å²) in [6, 6.07) is 3.27. The van der Waals surface area contributed by atoms with E-state index in [4.69, 9.17) is 23.2 Å². The van der Waals surface area contributed by atoms with E-state index in [1.165, 1.54) is 6.20 Å². The number of dihydropyridines is 1. The first kappa shape index (κ1) is 15.1. The first-order valence-corrected chi connectivity index (χ1v) is 7.11. The van der Waals surface area contributed by atoms with E-state index in [1.807, 2.05) is 0 Å². The van der Waals surface area contributed by atoms with Crippen molar-refractivity contribution < 1.29 is 18.3 Å². The van der Waals surface area contributed by atoms with Gasteiger partial charge in [0.15, 0.2) is 0 Å². The molecule has 0 unspecified atom stereocenters. The molecule has 0 spiro atoms. The van der Waals surface area contributed by atoms with E-state index in [0.717, 1.165) is 0 Å². The lowest BCUT2D eigenvalue weighted by atomic mass is 9.99. The van der Waals surface area contributed by atoms with Gasteiger partial charge in [-0.25, -0.2) is 0 Å². The fourth-order valence-electron chi connectivity index (χ4n) is 2.48. The van der Waals surface area contributed by atoms with E-state index in [1.54, 1.807) is 12.1 Å². The molecule has 0 saturated carbocycles. The number of allylic oxidation sites excluding steroid dienone is 2. The highest BCUT2D eigenvalue weighted by Gasteiger charge is 2.25. The second kappa shape index (κ2) is 5.78. The third kappa shape index (κ3) is 2.76. The van der Waals surface area contributed by atoms with E-state index in [9.17, 15) is 13.6 Å². The van der Waals surface area contributed by atoms with Crippen LogP contribution in [0.4, 0.5) is 14.5 Å². The normalized spacial score (nSPS) is 17.1. The van der Waals surface area contributed by atoms with E-state index in [0.29, 0.717) is 27.4 Å². The van der Waals surface area contributed by atoms with Gasteiger partial charge in [0.05, 0.1) is 28.7 Å². The third-order valence-electron chi connectivity index (χ3n) is 3.32. The van der Waals surface area contributed by atoms with Gasteiger partial charge in [-0.3, -0.25) is 4.79 Å². The number of anilines is 1. The largest absolute Gasteiger partial charge is 0.437 e. The zero-order chi connectivity index (χ0) is 15.9. The Kier molecular flexibility index (Phi) is 3.97. The van der Waals surface area contributed by atoms with Gasteiger partial charge in [-0.2, -0.15) is 8.78 Å². The topological polar surface area (TPSA) is 50.4 Å². The van der Waals surface area contributed by atoms with Crippen LogP contribution in [0.3, 0.4) is 0 Å². The van der Waals surface area contributed by atoms with Crippen LogP contribution < -0.4 is 10.6 Å². The van der Waals surface area contributed by atoms with Crippen LogP contribution in [0.15, 0.2) is 29.1 Å². The highest BCUT2D eigenvalue weighted by molar-refractivity contribution is 6.38. The fourth-order valence-corrected chi connectivity index (χ4v) is 3.06. The standard InChI is InChI=1S/C14H10Cl2F2N2O2/c15-8-2-6(1-7-3-11(21)20-13(7)8)12-9(16)4-19-5-10(12)22-14(17)18/h1-2,4,14,19H,3,5H2,(H,20,21). The molecule has 0 aliphatic carbocycles. The first-order valence-electron chi connectivity index (χ1n) is 6.35. The predicted octanol–water partition coefficient (Wildman–Crippen LogP) is 3.47. The SMILES string of the molecule is O=C1Cc2cc(C3=C(OC(F)F)CNC=C3Cl)cc(Cl)c2N1. The van der Waals surface area contributed by atoms with Crippen molar-refractivity contribution in [2.45, 2.75) is 13.0 Å². The van der Waals surface area contributed by atoms with Crippen LogP contribution in [-0.2, 0) is 16.0 Å². The summed E-state index contributed by atoms with van der Waals surface area (Å²) in [5.41, 5.74) is 2.10. The van der Waals surface area contributed by atoms with Crippen LogP contribution in [0.25, 0.3) is 5.57 Å². The molecule has 0 bridgehead atoms. The molecule has 0 fully saturated rings. The summed E-state index contributed by atoms with van der Waals surface area (Å²) < 4.78 is 29.7. The molecule has 0 radical (unpaired) electrons. The van der Waals surface area contributed by atoms with Gasteiger partial charge in [0, 0.05) is 11.8 Å². The summed E-state index contributed by atoms with van der Waals surface area (Å²) in [5.74, 6) is -0.144. The number of carbonyl (C=O) groups is 1. The number of hydrogen-bond donors (Lipinski definition) is 2. The Hall–Kier alpha value is -1.79. The minimum absolute atomic E-state index is 0.0239. The van der Waals surface area contributed by atoms with Crippen molar-refractivity contribution in [2.75, 3.05) is 11.9 Å². The van der Waals surface area contributed by atoms with Gasteiger partial charge in [-0.05, 0) is 23.3 Å². The van der Waals surface area contributed by atoms with Gasteiger partial charge >= 0.3 is 6.61 Å². The monoisotopic (exact) mass is 346 g/mol. The number of benzene rings is 1. The van der Waals surface area contributed by atoms with Crippen molar-refractivity contribution in [1.29, 1.82) is 0 Å². The van der Waals surface area contributed by atoms with E-state index >= 15 is 0 Å². The molecule has 22 heavy (non-hydrogen) atoms. The van der Waals surface area contributed by atoms with Gasteiger partial charge in [-0.15, -0.1) is 0 Å². The number of halogens is 4. The summed E-state index contributed by atoms with van der Waals surface area (Å²) >= 11 is 12.3. The third-order valence-corrected chi connectivity index (χ3v) is 3.91. The van der Waals surface area contributed by atoms with Gasteiger partial charge in [0.2, 0.25) is 5.91 Å². The van der Waals surface area contributed by atoms with Gasteiger partial charge in [0.1, 0.15) is 5.76 Å². The van der Waals surface area contributed by atoms with Gasteiger partial charge in [-0.1, -0.05) is 23.2 Å². The lowest BCUT2D eigenvalue weighted by Crippen LogP contribution is -2.20. The minimum atomic E-state index is -2.96. The number of amides is 1. The molecule has 1 aromatic rings. The average Bonchev–Trinajstić information content (AvgIpc) is 2.79. The van der Waals surface area contributed by atoms with Crippen LogP contribution in [0.2, 0.25) is 5.02 Å². The molecule has 0 saturated heterocycles. The van der Waals surface area contributed by atoms with E-state index in [2.05, 4.69) is 15.4 Å². The molecule has 116 valence electrons. The fraction of sp³-hybridized carbons (Fsp3) is 0.214. The second-order valence-corrected chi connectivity index (χ2v) is 5.58. The Morgan fingerprint density at radius 2 is 2.05 bits per heavy atom. The number of fused-ring (bicyclic) bond motifs is 1. The molecule has 4 nitrogen and oxygen atoms in total. The highest BCUT2D eigenvalue weighted by Crippen LogP contribution is 2.39. The van der Waals surface area contributed by atoms with Crippen molar-refractivity contribution >= 4 is 40.4 Å². The number of carbonyl (C=O) groups excluding carboxylic acids is 1. The van der Waals surface area contributed by atoms with Crippen LogP contribution in [0.1, 0.15) is 11.1 Å². The van der Waals surface area contributed by atoms with Crippen molar-refractivity contribution in [3.63, 3.8) is 0 Å². The maximum Gasteiger partial charge on any atom is 0.387 e. The molecule has 2 heterocycles. The van der Waals surface area contributed by atoms with E-state index < -0.39 is 6.61 Å².